The van der Waals surface area contributed by atoms with Crippen LogP contribution in [0.3, 0.4) is 0 Å². The number of hydrogen-bond acceptors (Lipinski definition) is 9. The number of aliphatic hydroxyl groups excluding tert-OH is 1. The van der Waals surface area contributed by atoms with Gasteiger partial charge in [0.25, 0.3) is 0 Å². The van der Waals surface area contributed by atoms with E-state index in [-0.39, 0.29) is 19.6 Å². The van der Waals surface area contributed by atoms with Crippen LogP contribution in [0.15, 0.2) is 91.0 Å². The van der Waals surface area contributed by atoms with Crippen molar-refractivity contribution in [1.82, 2.24) is 0 Å². The van der Waals surface area contributed by atoms with Crippen LogP contribution in [-0.2, 0) is 46.4 Å². The molecule has 0 radical (unpaired) electrons. The highest BCUT2D eigenvalue weighted by Crippen LogP contribution is 2.32. The molecule has 3 aromatic carbocycles. The van der Waals surface area contributed by atoms with E-state index in [1.54, 1.807) is 31.4 Å². The molecule has 9 nitrogen and oxygen atoms in total. The first kappa shape index (κ1) is 29.3. The van der Waals surface area contributed by atoms with Gasteiger partial charge in [0.1, 0.15) is 31.0 Å². The number of methoxy groups -OCH3 is 1. The molecule has 5 rings (SSSR count). The molecular weight excluding hydrogens is 528 g/mol. The Hall–Kier alpha value is -3.15. The van der Waals surface area contributed by atoms with Crippen LogP contribution in [-0.4, -0.2) is 74.5 Å². The van der Waals surface area contributed by atoms with Crippen molar-refractivity contribution in [3.05, 3.63) is 108 Å². The summed E-state index contributed by atoms with van der Waals surface area (Å²) in [5, 5.41) is 10.6. The molecule has 1 N–H and O–H groups in total. The number of benzene rings is 3. The molecule has 2 saturated heterocycles. The molecule has 2 aliphatic heterocycles. The first-order valence-electron chi connectivity index (χ1n) is 13.8. The minimum Gasteiger partial charge on any atom is -0.459 e. The van der Waals surface area contributed by atoms with Gasteiger partial charge in [0, 0.05) is 13.5 Å². The topological polar surface area (TPSA) is 102 Å². The lowest BCUT2D eigenvalue weighted by atomic mass is 10.1. The second-order valence-corrected chi connectivity index (χ2v) is 10.0. The lowest BCUT2D eigenvalue weighted by Crippen LogP contribution is -2.41. The summed E-state index contributed by atoms with van der Waals surface area (Å²) >= 11 is 0. The van der Waals surface area contributed by atoms with Gasteiger partial charge in [-0.05, 0) is 23.3 Å². The van der Waals surface area contributed by atoms with Gasteiger partial charge in [0.15, 0.2) is 12.6 Å². The minimum atomic E-state index is -0.874. The van der Waals surface area contributed by atoms with E-state index in [1.165, 1.54) is 0 Å². The number of rotatable bonds is 13. The van der Waals surface area contributed by atoms with Gasteiger partial charge in [-0.2, -0.15) is 0 Å². The molecule has 0 saturated carbocycles. The van der Waals surface area contributed by atoms with Crippen LogP contribution in [0, 0.1) is 0 Å². The zero-order valence-corrected chi connectivity index (χ0v) is 23.0. The number of ether oxygens (including phenoxy) is 7. The van der Waals surface area contributed by atoms with Gasteiger partial charge in [-0.3, -0.25) is 0 Å². The highest BCUT2D eigenvalue weighted by molar-refractivity contribution is 5.89. The molecule has 0 aliphatic carbocycles. The van der Waals surface area contributed by atoms with Gasteiger partial charge < -0.3 is 38.3 Å². The van der Waals surface area contributed by atoms with E-state index in [9.17, 15) is 9.90 Å². The number of carbonyl (C=O) groups excluding carboxylic acids is 1. The number of hydrogen-bond donors (Lipinski definition) is 1. The van der Waals surface area contributed by atoms with E-state index in [0.29, 0.717) is 18.8 Å². The van der Waals surface area contributed by atoms with Crippen LogP contribution in [0.4, 0.5) is 0 Å². The average molecular weight is 565 g/mol. The van der Waals surface area contributed by atoms with Crippen molar-refractivity contribution in [2.24, 2.45) is 0 Å². The summed E-state index contributed by atoms with van der Waals surface area (Å²) in [4.78, 5) is 12.3. The fraction of sp³-hybridized carbons (Fsp3) is 0.406. The van der Waals surface area contributed by atoms with Gasteiger partial charge in [-0.15, -0.1) is 0 Å². The Kier molecular flexibility index (Phi) is 10.5. The predicted molar refractivity (Wildman–Crippen MR) is 148 cm³/mol. The summed E-state index contributed by atoms with van der Waals surface area (Å²) in [7, 11) is 1.54. The Bertz CT molecular complexity index is 1190. The van der Waals surface area contributed by atoms with E-state index in [2.05, 4.69) is 0 Å². The second kappa shape index (κ2) is 14.7. The van der Waals surface area contributed by atoms with Crippen LogP contribution >= 0.6 is 0 Å². The maximum absolute atomic E-state index is 12.3. The maximum Gasteiger partial charge on any atom is 0.338 e. The van der Waals surface area contributed by atoms with E-state index >= 15 is 0 Å². The molecule has 0 amide bonds. The Balaban J connectivity index is 1.21. The van der Waals surface area contributed by atoms with E-state index in [0.717, 1.165) is 11.1 Å². The predicted octanol–water partition coefficient (Wildman–Crippen LogP) is 3.88. The number of carbonyl (C=O) groups is 1. The Morgan fingerprint density at radius 3 is 2.10 bits per heavy atom. The van der Waals surface area contributed by atoms with Crippen molar-refractivity contribution in [2.45, 2.75) is 62.7 Å². The Labute approximate surface area is 239 Å². The molecular formula is C32H36O9. The molecule has 0 spiro atoms. The lowest BCUT2D eigenvalue weighted by molar-refractivity contribution is -0.229. The fourth-order valence-corrected chi connectivity index (χ4v) is 4.91. The van der Waals surface area contributed by atoms with Gasteiger partial charge in [-0.25, -0.2) is 4.79 Å². The van der Waals surface area contributed by atoms with Crippen LogP contribution in [0.2, 0.25) is 0 Å². The first-order valence-corrected chi connectivity index (χ1v) is 13.8. The Morgan fingerprint density at radius 1 is 0.805 bits per heavy atom. The summed E-state index contributed by atoms with van der Waals surface area (Å²) in [6, 6.07) is 28.4. The standard InChI is InChI=1S/C32H36O9/c1-35-32-30(41-28-17-25(33)26(39-28)21-38-31(34)24-15-9-4-10-16-24)29(37-19-23-13-7-3-8-14-23)27(40-32)20-36-18-22-11-5-2-6-12-22/h2-16,25-30,32-33H,17-21H2,1H3/t25-,26-,27-,28+,29-,30+,32+/m1/s1. The zero-order valence-electron chi connectivity index (χ0n) is 23.0. The van der Waals surface area contributed by atoms with Gasteiger partial charge in [0.05, 0.1) is 31.5 Å². The molecule has 9 heteroatoms. The summed E-state index contributed by atoms with van der Waals surface area (Å²) in [6.45, 7) is 0.928. The average Bonchev–Trinajstić information content (AvgIpc) is 3.54. The molecule has 2 aliphatic rings. The third-order valence-corrected chi connectivity index (χ3v) is 7.07. The van der Waals surface area contributed by atoms with E-state index in [1.807, 2.05) is 66.7 Å². The van der Waals surface area contributed by atoms with Crippen molar-refractivity contribution in [2.75, 3.05) is 20.3 Å². The molecule has 2 heterocycles. The van der Waals surface area contributed by atoms with Crippen LogP contribution < -0.4 is 0 Å². The first-order chi connectivity index (χ1) is 20.1. The summed E-state index contributed by atoms with van der Waals surface area (Å²) in [5.41, 5.74) is 2.48. The molecule has 0 unspecified atom stereocenters. The largest absolute Gasteiger partial charge is 0.459 e. The van der Waals surface area contributed by atoms with Crippen molar-refractivity contribution in [3.8, 4) is 0 Å². The lowest BCUT2D eigenvalue weighted by Gasteiger charge is -2.27. The number of esters is 1. The Morgan fingerprint density at radius 2 is 1.44 bits per heavy atom. The third-order valence-electron chi connectivity index (χ3n) is 7.07. The minimum absolute atomic E-state index is 0.104. The normalized spacial score (nSPS) is 27.6. The highest BCUT2D eigenvalue weighted by atomic mass is 16.8. The van der Waals surface area contributed by atoms with Gasteiger partial charge in [0.2, 0.25) is 0 Å². The molecule has 2 fully saturated rings. The zero-order chi connectivity index (χ0) is 28.4. The molecule has 41 heavy (non-hydrogen) atoms. The maximum atomic E-state index is 12.3. The fourth-order valence-electron chi connectivity index (χ4n) is 4.91. The SMILES string of the molecule is CO[C@H]1O[C@H](COCc2ccccc2)[C@@H](OCc2ccccc2)[C@@H]1O[C@H]1C[C@@H](O)[C@@H](COC(=O)c2ccccc2)O1. The summed E-state index contributed by atoms with van der Waals surface area (Å²) < 4.78 is 41.8. The molecule has 218 valence electrons. The summed E-state index contributed by atoms with van der Waals surface area (Å²) in [6.07, 6.45) is -4.58. The van der Waals surface area contributed by atoms with Gasteiger partial charge in [-0.1, -0.05) is 78.9 Å². The van der Waals surface area contributed by atoms with Crippen LogP contribution in [0.5, 0.6) is 0 Å². The highest BCUT2D eigenvalue weighted by Gasteiger charge is 2.49. The van der Waals surface area contributed by atoms with Crippen LogP contribution in [0.25, 0.3) is 0 Å². The smallest absolute Gasteiger partial charge is 0.338 e. The van der Waals surface area contributed by atoms with Crippen molar-refractivity contribution in [3.63, 3.8) is 0 Å². The quantitative estimate of drug-likeness (QED) is 0.310. The monoisotopic (exact) mass is 564 g/mol. The molecule has 0 bridgehead atoms. The second-order valence-electron chi connectivity index (χ2n) is 10.0. The molecule has 7 atom stereocenters. The third kappa shape index (κ3) is 7.99. The molecule has 0 aromatic heterocycles. The van der Waals surface area contributed by atoms with Crippen molar-refractivity contribution in [1.29, 1.82) is 0 Å². The number of aliphatic hydroxyl groups is 1. The van der Waals surface area contributed by atoms with E-state index < -0.39 is 49.1 Å². The van der Waals surface area contributed by atoms with Crippen molar-refractivity contribution < 1.29 is 43.1 Å². The summed E-state index contributed by atoms with van der Waals surface area (Å²) in [5.74, 6) is -0.484. The van der Waals surface area contributed by atoms with E-state index in [4.69, 9.17) is 33.2 Å². The van der Waals surface area contributed by atoms with Crippen LogP contribution in [0.1, 0.15) is 27.9 Å². The van der Waals surface area contributed by atoms with Gasteiger partial charge >= 0.3 is 5.97 Å². The molecule has 3 aromatic rings. The van der Waals surface area contributed by atoms with Crippen molar-refractivity contribution >= 4 is 5.97 Å².